The lowest BCUT2D eigenvalue weighted by molar-refractivity contribution is -0.123. The molecule has 0 aliphatic heterocycles. The second kappa shape index (κ2) is 3.69. The Kier molecular flexibility index (Phi) is 2.56. The van der Waals surface area contributed by atoms with E-state index in [1.54, 1.807) is 0 Å². The number of rotatable bonds is 3. The van der Waals surface area contributed by atoms with Crippen molar-refractivity contribution in [2.75, 3.05) is 0 Å². The first-order valence-electron chi connectivity index (χ1n) is 5.58. The zero-order chi connectivity index (χ0) is 9.26. The fourth-order valence-corrected chi connectivity index (χ4v) is 2.26. The lowest BCUT2D eigenvalue weighted by atomic mass is 10.00. The molecular formula is C11H19NO. The van der Waals surface area contributed by atoms with Crippen LogP contribution in [0.1, 0.15) is 45.4 Å². The fourth-order valence-electron chi connectivity index (χ4n) is 2.26. The van der Waals surface area contributed by atoms with E-state index < -0.39 is 0 Å². The van der Waals surface area contributed by atoms with E-state index in [0.717, 1.165) is 18.8 Å². The lowest BCUT2D eigenvalue weighted by Gasteiger charge is -2.20. The van der Waals surface area contributed by atoms with E-state index in [-0.39, 0.29) is 0 Å². The molecule has 0 aromatic rings. The smallest absolute Gasteiger partial charge is 0.223 e. The van der Waals surface area contributed by atoms with Gasteiger partial charge in [0, 0.05) is 12.0 Å². The number of carbonyl (C=O) groups excluding carboxylic acids is 1. The average molecular weight is 181 g/mol. The second-order valence-electron chi connectivity index (χ2n) is 4.62. The molecule has 13 heavy (non-hydrogen) atoms. The minimum Gasteiger partial charge on any atom is -0.353 e. The van der Waals surface area contributed by atoms with Crippen molar-refractivity contribution < 1.29 is 4.79 Å². The Labute approximate surface area is 80.1 Å². The van der Waals surface area contributed by atoms with Crippen molar-refractivity contribution >= 4 is 5.91 Å². The van der Waals surface area contributed by atoms with Gasteiger partial charge in [-0.2, -0.15) is 0 Å². The molecule has 0 spiro atoms. The van der Waals surface area contributed by atoms with Gasteiger partial charge in [-0.15, -0.1) is 0 Å². The van der Waals surface area contributed by atoms with Gasteiger partial charge in [-0.05, 0) is 38.5 Å². The molecule has 2 fully saturated rings. The van der Waals surface area contributed by atoms with Gasteiger partial charge in [-0.1, -0.05) is 12.8 Å². The van der Waals surface area contributed by atoms with Crippen molar-refractivity contribution in [1.82, 2.24) is 5.32 Å². The Morgan fingerprint density at radius 1 is 1.23 bits per heavy atom. The fraction of sp³-hybridized carbons (Fsp3) is 0.909. The molecule has 0 aromatic heterocycles. The zero-order valence-corrected chi connectivity index (χ0v) is 8.38. The van der Waals surface area contributed by atoms with E-state index >= 15 is 0 Å². The monoisotopic (exact) mass is 181 g/mol. The molecule has 2 saturated carbocycles. The molecule has 2 aliphatic rings. The number of hydrogen-bond donors (Lipinski definition) is 1. The average Bonchev–Trinajstić information content (AvgIpc) is 2.81. The molecule has 0 saturated heterocycles. The highest BCUT2D eigenvalue weighted by Crippen LogP contribution is 2.31. The molecule has 2 rings (SSSR count). The molecule has 0 radical (unpaired) electrons. The molecule has 0 bridgehead atoms. The van der Waals surface area contributed by atoms with Crippen LogP contribution in [0.15, 0.2) is 0 Å². The summed E-state index contributed by atoms with van der Waals surface area (Å²) in [5.41, 5.74) is 0. The van der Waals surface area contributed by atoms with Gasteiger partial charge in [-0.25, -0.2) is 0 Å². The van der Waals surface area contributed by atoms with Crippen LogP contribution in [0.25, 0.3) is 0 Å². The van der Waals surface area contributed by atoms with Gasteiger partial charge in [0.2, 0.25) is 5.91 Å². The molecule has 2 aliphatic carbocycles. The van der Waals surface area contributed by atoms with Gasteiger partial charge < -0.3 is 5.32 Å². The van der Waals surface area contributed by atoms with Crippen molar-refractivity contribution in [2.24, 2.45) is 11.8 Å². The van der Waals surface area contributed by atoms with Crippen LogP contribution in [0.3, 0.4) is 0 Å². The quantitative estimate of drug-likeness (QED) is 0.709. The molecule has 1 amide bonds. The van der Waals surface area contributed by atoms with Crippen LogP contribution in [-0.4, -0.2) is 11.9 Å². The van der Waals surface area contributed by atoms with Crippen LogP contribution in [0, 0.1) is 11.8 Å². The third-order valence-corrected chi connectivity index (χ3v) is 3.43. The van der Waals surface area contributed by atoms with E-state index in [2.05, 4.69) is 12.2 Å². The first-order valence-corrected chi connectivity index (χ1v) is 5.58. The van der Waals surface area contributed by atoms with Gasteiger partial charge in [0.25, 0.3) is 0 Å². The van der Waals surface area contributed by atoms with Crippen LogP contribution in [0.5, 0.6) is 0 Å². The summed E-state index contributed by atoms with van der Waals surface area (Å²) in [6, 6.07) is 0.413. The largest absolute Gasteiger partial charge is 0.353 e. The predicted molar refractivity (Wildman–Crippen MR) is 52.3 cm³/mol. The zero-order valence-electron chi connectivity index (χ0n) is 8.38. The molecule has 74 valence electrons. The van der Waals surface area contributed by atoms with Gasteiger partial charge in [-0.3, -0.25) is 4.79 Å². The Bertz CT molecular complexity index is 192. The maximum atomic E-state index is 11.5. The molecule has 1 N–H and O–H groups in total. The number of nitrogens with one attached hydrogen (secondary N) is 1. The summed E-state index contributed by atoms with van der Waals surface area (Å²) in [7, 11) is 0. The van der Waals surface area contributed by atoms with E-state index in [1.165, 1.54) is 25.7 Å². The highest BCUT2D eigenvalue weighted by Gasteiger charge is 2.32. The van der Waals surface area contributed by atoms with Crippen molar-refractivity contribution in [3.63, 3.8) is 0 Å². The number of hydrogen-bond acceptors (Lipinski definition) is 1. The van der Waals surface area contributed by atoms with Crippen molar-refractivity contribution in [3.05, 3.63) is 0 Å². The maximum Gasteiger partial charge on any atom is 0.223 e. The summed E-state index contributed by atoms with van der Waals surface area (Å²) >= 11 is 0. The van der Waals surface area contributed by atoms with Gasteiger partial charge >= 0.3 is 0 Å². The molecule has 2 nitrogen and oxygen atoms in total. The van der Waals surface area contributed by atoms with Crippen LogP contribution in [-0.2, 0) is 4.79 Å². The Balaban J connectivity index is 1.75. The Hall–Kier alpha value is -0.530. The van der Waals surface area contributed by atoms with Gasteiger partial charge in [0.15, 0.2) is 0 Å². The van der Waals surface area contributed by atoms with Crippen molar-refractivity contribution in [2.45, 2.75) is 51.5 Å². The van der Waals surface area contributed by atoms with Crippen LogP contribution < -0.4 is 5.32 Å². The second-order valence-corrected chi connectivity index (χ2v) is 4.62. The summed E-state index contributed by atoms with van der Waals surface area (Å²) in [4.78, 5) is 11.5. The molecule has 0 aromatic carbocycles. The summed E-state index contributed by atoms with van der Waals surface area (Å²) < 4.78 is 0. The minimum atomic E-state index is 0.305. The Morgan fingerprint density at radius 2 is 1.85 bits per heavy atom. The van der Waals surface area contributed by atoms with Crippen molar-refractivity contribution in [1.29, 1.82) is 0 Å². The standard InChI is InChI=1S/C11H19NO/c1-8(9-4-2-3-5-9)12-11(13)10-6-7-10/h8-10H,2-7H2,1H3,(H,12,13)/t8-/m1/s1. The van der Waals surface area contributed by atoms with Gasteiger partial charge in [0.1, 0.15) is 0 Å². The number of carbonyl (C=O) groups is 1. The van der Waals surface area contributed by atoms with E-state index in [4.69, 9.17) is 0 Å². The van der Waals surface area contributed by atoms with E-state index in [9.17, 15) is 4.79 Å². The van der Waals surface area contributed by atoms with Gasteiger partial charge in [0.05, 0.1) is 0 Å². The molecule has 1 atom stereocenters. The molecule has 0 heterocycles. The SMILES string of the molecule is C[C@@H](NC(=O)C1CC1)C1CCCC1. The van der Waals surface area contributed by atoms with Crippen molar-refractivity contribution in [3.8, 4) is 0 Å². The molecular weight excluding hydrogens is 162 g/mol. The van der Waals surface area contributed by atoms with Crippen LogP contribution >= 0.6 is 0 Å². The third kappa shape index (κ3) is 2.23. The van der Waals surface area contributed by atoms with E-state index in [1.807, 2.05) is 0 Å². The minimum absolute atomic E-state index is 0.305. The third-order valence-electron chi connectivity index (χ3n) is 3.43. The summed E-state index contributed by atoms with van der Waals surface area (Å²) in [5.74, 6) is 1.42. The normalized spacial score (nSPS) is 25.9. The Morgan fingerprint density at radius 3 is 2.38 bits per heavy atom. The lowest BCUT2D eigenvalue weighted by Crippen LogP contribution is -2.38. The molecule has 2 heteroatoms. The summed E-state index contributed by atoms with van der Waals surface area (Å²) in [5, 5.41) is 3.14. The summed E-state index contributed by atoms with van der Waals surface area (Å²) in [6.07, 6.45) is 7.56. The number of amides is 1. The first-order chi connectivity index (χ1) is 6.27. The predicted octanol–water partition coefficient (Wildman–Crippen LogP) is 2.09. The first kappa shape index (κ1) is 9.04. The molecule has 0 unspecified atom stereocenters. The summed E-state index contributed by atoms with van der Waals surface area (Å²) in [6.45, 7) is 2.16. The van der Waals surface area contributed by atoms with Crippen LogP contribution in [0.2, 0.25) is 0 Å². The highest BCUT2D eigenvalue weighted by atomic mass is 16.2. The maximum absolute atomic E-state index is 11.5. The van der Waals surface area contributed by atoms with E-state index in [0.29, 0.717) is 17.9 Å². The highest BCUT2D eigenvalue weighted by molar-refractivity contribution is 5.81. The topological polar surface area (TPSA) is 29.1 Å². The van der Waals surface area contributed by atoms with Crippen LogP contribution in [0.4, 0.5) is 0 Å².